The maximum Gasteiger partial charge on any atom is 0.237 e. The number of amides is 1. The lowest BCUT2D eigenvalue weighted by Gasteiger charge is -2.32. The molecule has 0 aromatic carbocycles. The van der Waals surface area contributed by atoms with E-state index in [9.17, 15) is 4.79 Å². The minimum Gasteiger partial charge on any atom is -0.352 e. The molecule has 0 unspecified atom stereocenters. The van der Waals surface area contributed by atoms with Crippen LogP contribution in [0, 0.1) is 11.3 Å². The minimum absolute atomic E-state index is 0.0115. The Kier molecular flexibility index (Phi) is 4.99. The zero-order chi connectivity index (χ0) is 13.1. The third-order valence-corrected chi connectivity index (χ3v) is 3.99. The van der Waals surface area contributed by atoms with Crippen LogP contribution in [0.4, 0.5) is 0 Å². The molecule has 1 saturated carbocycles. The molecule has 1 atom stereocenters. The average molecular weight is 240 g/mol. The van der Waals surface area contributed by atoms with Crippen LogP contribution in [0.2, 0.25) is 0 Å². The van der Waals surface area contributed by atoms with Gasteiger partial charge in [-0.1, -0.05) is 34.1 Å². The van der Waals surface area contributed by atoms with Gasteiger partial charge in [0.25, 0.3) is 0 Å². The van der Waals surface area contributed by atoms with Crippen molar-refractivity contribution in [3.8, 4) is 0 Å². The van der Waals surface area contributed by atoms with E-state index in [1.165, 1.54) is 19.3 Å². The summed E-state index contributed by atoms with van der Waals surface area (Å²) in [6.07, 6.45) is 5.97. The molecular formula is C14H28N2O. The molecule has 3 heteroatoms. The molecule has 0 saturated heterocycles. The Morgan fingerprint density at radius 2 is 1.82 bits per heavy atom. The molecule has 0 aromatic rings. The van der Waals surface area contributed by atoms with Crippen LogP contribution >= 0.6 is 0 Å². The van der Waals surface area contributed by atoms with E-state index >= 15 is 0 Å². The van der Waals surface area contributed by atoms with Gasteiger partial charge in [0, 0.05) is 6.04 Å². The van der Waals surface area contributed by atoms with Crippen molar-refractivity contribution in [2.75, 3.05) is 0 Å². The Hall–Kier alpha value is -0.570. The highest BCUT2D eigenvalue weighted by Crippen LogP contribution is 2.27. The Balaban J connectivity index is 2.38. The van der Waals surface area contributed by atoms with Gasteiger partial charge in [-0.15, -0.1) is 0 Å². The molecule has 17 heavy (non-hydrogen) atoms. The first-order chi connectivity index (χ1) is 7.84. The molecule has 1 amide bonds. The third kappa shape index (κ3) is 4.30. The number of rotatable bonds is 3. The maximum absolute atomic E-state index is 12.0. The zero-order valence-corrected chi connectivity index (χ0v) is 11.8. The van der Waals surface area contributed by atoms with Crippen LogP contribution in [0.15, 0.2) is 0 Å². The van der Waals surface area contributed by atoms with E-state index in [2.05, 4.69) is 12.2 Å². The highest BCUT2D eigenvalue weighted by Gasteiger charge is 2.29. The summed E-state index contributed by atoms with van der Waals surface area (Å²) in [5.74, 6) is 0.872. The van der Waals surface area contributed by atoms with Crippen LogP contribution < -0.4 is 11.1 Å². The van der Waals surface area contributed by atoms with E-state index in [0.717, 1.165) is 18.8 Å². The summed E-state index contributed by atoms with van der Waals surface area (Å²) < 4.78 is 0. The van der Waals surface area contributed by atoms with Crippen LogP contribution in [0.5, 0.6) is 0 Å². The third-order valence-electron chi connectivity index (χ3n) is 3.99. The second-order valence-electron chi connectivity index (χ2n) is 6.48. The number of hydrogen-bond acceptors (Lipinski definition) is 2. The smallest absolute Gasteiger partial charge is 0.237 e. The molecule has 1 aliphatic carbocycles. The summed E-state index contributed by atoms with van der Waals surface area (Å²) in [4.78, 5) is 12.0. The molecule has 0 radical (unpaired) electrons. The first kappa shape index (κ1) is 14.5. The van der Waals surface area contributed by atoms with Gasteiger partial charge in [-0.05, 0) is 37.0 Å². The second-order valence-corrected chi connectivity index (χ2v) is 6.48. The summed E-state index contributed by atoms with van der Waals surface area (Å²) in [6, 6.07) is -0.0647. The lowest BCUT2D eigenvalue weighted by Crippen LogP contribution is -2.51. The number of nitrogens with one attached hydrogen (secondary N) is 1. The average Bonchev–Trinajstić information content (AvgIpc) is 2.27. The summed E-state index contributed by atoms with van der Waals surface area (Å²) in [6.45, 7) is 8.26. The fraction of sp³-hybridized carbons (Fsp3) is 0.929. The molecular weight excluding hydrogens is 212 g/mol. The molecule has 1 rings (SSSR count). The van der Waals surface area contributed by atoms with Gasteiger partial charge in [0.15, 0.2) is 0 Å². The molecule has 100 valence electrons. The Morgan fingerprint density at radius 1 is 1.29 bits per heavy atom. The zero-order valence-electron chi connectivity index (χ0n) is 11.8. The molecule has 3 nitrogen and oxygen atoms in total. The topological polar surface area (TPSA) is 55.1 Å². The monoisotopic (exact) mass is 240 g/mol. The van der Waals surface area contributed by atoms with Crippen LogP contribution in [-0.4, -0.2) is 18.0 Å². The molecule has 0 heterocycles. The summed E-state index contributed by atoms with van der Waals surface area (Å²) >= 11 is 0. The Labute approximate surface area is 106 Å². The van der Waals surface area contributed by atoms with E-state index < -0.39 is 6.04 Å². The lowest BCUT2D eigenvalue weighted by atomic mass is 9.83. The second kappa shape index (κ2) is 5.85. The number of nitrogens with two attached hydrogens (primary N) is 1. The van der Waals surface area contributed by atoms with Crippen molar-refractivity contribution in [2.24, 2.45) is 17.1 Å². The van der Waals surface area contributed by atoms with Gasteiger partial charge in [0.2, 0.25) is 5.91 Å². The fourth-order valence-electron chi connectivity index (χ4n) is 2.40. The Morgan fingerprint density at radius 3 is 2.24 bits per heavy atom. The van der Waals surface area contributed by atoms with Gasteiger partial charge in [0.1, 0.15) is 0 Å². The summed E-state index contributed by atoms with van der Waals surface area (Å²) in [5.41, 5.74) is 5.79. The largest absolute Gasteiger partial charge is 0.352 e. The highest BCUT2D eigenvalue weighted by atomic mass is 16.2. The summed E-state index contributed by atoms with van der Waals surface area (Å²) in [5, 5.41) is 3.11. The van der Waals surface area contributed by atoms with E-state index in [0.29, 0.717) is 6.04 Å². The molecule has 1 aliphatic rings. The van der Waals surface area contributed by atoms with Gasteiger partial charge in [-0.2, -0.15) is 0 Å². The SMILES string of the molecule is CCC1CCC(NC(=O)[C@H](N)C(C)(C)C)CC1. The van der Waals surface area contributed by atoms with Crippen LogP contribution in [-0.2, 0) is 4.79 Å². The van der Waals surface area contributed by atoms with Gasteiger partial charge < -0.3 is 11.1 Å². The standard InChI is InChI=1S/C14H28N2O/c1-5-10-6-8-11(9-7-10)16-13(17)12(15)14(2,3)4/h10-12H,5-9,15H2,1-4H3,(H,16,17)/t10?,11?,12-/m0/s1. The fourth-order valence-corrected chi connectivity index (χ4v) is 2.40. The quantitative estimate of drug-likeness (QED) is 0.796. The van der Waals surface area contributed by atoms with E-state index in [1.807, 2.05) is 20.8 Å². The van der Waals surface area contributed by atoms with Crippen molar-refractivity contribution in [3.63, 3.8) is 0 Å². The molecule has 0 aromatic heterocycles. The van der Waals surface area contributed by atoms with E-state index in [1.54, 1.807) is 0 Å². The molecule has 0 bridgehead atoms. The predicted molar refractivity (Wildman–Crippen MR) is 71.6 cm³/mol. The first-order valence-electron chi connectivity index (χ1n) is 6.90. The van der Waals surface area contributed by atoms with Crippen LogP contribution in [0.1, 0.15) is 59.8 Å². The number of carbonyl (C=O) groups is 1. The predicted octanol–water partition coefficient (Wildman–Crippen LogP) is 2.44. The van der Waals surface area contributed by atoms with E-state index in [4.69, 9.17) is 5.73 Å². The van der Waals surface area contributed by atoms with Crippen molar-refractivity contribution >= 4 is 5.91 Å². The van der Waals surface area contributed by atoms with Crippen molar-refractivity contribution in [1.82, 2.24) is 5.32 Å². The van der Waals surface area contributed by atoms with Gasteiger partial charge >= 0.3 is 0 Å². The Bertz CT molecular complexity index is 249. The van der Waals surface area contributed by atoms with Crippen LogP contribution in [0.25, 0.3) is 0 Å². The van der Waals surface area contributed by atoms with Crippen molar-refractivity contribution in [1.29, 1.82) is 0 Å². The molecule has 3 N–H and O–H groups in total. The van der Waals surface area contributed by atoms with E-state index in [-0.39, 0.29) is 11.3 Å². The maximum atomic E-state index is 12.0. The van der Waals surface area contributed by atoms with Crippen molar-refractivity contribution in [2.45, 2.75) is 71.9 Å². The summed E-state index contributed by atoms with van der Waals surface area (Å²) in [7, 11) is 0. The van der Waals surface area contributed by atoms with Gasteiger partial charge in [0.05, 0.1) is 6.04 Å². The molecule has 0 aliphatic heterocycles. The highest BCUT2D eigenvalue weighted by molar-refractivity contribution is 5.82. The van der Waals surface area contributed by atoms with Crippen molar-refractivity contribution < 1.29 is 4.79 Å². The lowest BCUT2D eigenvalue weighted by molar-refractivity contribution is -0.125. The van der Waals surface area contributed by atoms with Crippen molar-refractivity contribution in [3.05, 3.63) is 0 Å². The molecule has 1 fully saturated rings. The first-order valence-corrected chi connectivity index (χ1v) is 6.90. The van der Waals surface area contributed by atoms with Gasteiger partial charge in [-0.3, -0.25) is 4.79 Å². The van der Waals surface area contributed by atoms with Gasteiger partial charge in [-0.25, -0.2) is 0 Å². The van der Waals surface area contributed by atoms with Crippen LogP contribution in [0.3, 0.4) is 0 Å². The normalized spacial score (nSPS) is 27.6. The number of carbonyl (C=O) groups excluding carboxylic acids is 1. The minimum atomic E-state index is -0.411. The molecule has 0 spiro atoms. The number of hydrogen-bond donors (Lipinski definition) is 2.